The van der Waals surface area contributed by atoms with Gasteiger partial charge in [-0.1, -0.05) is 0 Å². The van der Waals surface area contributed by atoms with Crippen molar-refractivity contribution in [3.05, 3.63) is 17.7 Å². The molecule has 0 spiro atoms. The maximum atomic E-state index is 12.7. The Morgan fingerprint density at radius 1 is 1.33 bits per heavy atom. The second-order valence-corrected chi connectivity index (χ2v) is 6.56. The summed E-state index contributed by atoms with van der Waals surface area (Å²) >= 11 is 0. The van der Waals surface area contributed by atoms with Gasteiger partial charge in [0.05, 0.1) is 24.5 Å². The van der Waals surface area contributed by atoms with Crippen molar-refractivity contribution >= 4 is 11.8 Å². The second kappa shape index (κ2) is 7.79. The number of carbonyl (C=O) groups excluding carboxylic acids is 2. The molecule has 3 rings (SSSR count). The molecule has 0 radical (unpaired) electrons. The van der Waals surface area contributed by atoms with Gasteiger partial charge in [-0.3, -0.25) is 9.59 Å². The highest BCUT2D eigenvalue weighted by Gasteiger charge is 2.30. The molecule has 0 saturated carbocycles. The first-order valence-electron chi connectivity index (χ1n) is 8.80. The first kappa shape index (κ1) is 17.0. The van der Waals surface area contributed by atoms with E-state index < -0.39 is 0 Å². The summed E-state index contributed by atoms with van der Waals surface area (Å²) in [6.45, 7) is 3.30. The minimum absolute atomic E-state index is 0.0476. The summed E-state index contributed by atoms with van der Waals surface area (Å²) < 4.78 is 6.92. The van der Waals surface area contributed by atoms with E-state index >= 15 is 0 Å². The molecule has 0 aliphatic carbocycles. The Morgan fingerprint density at radius 3 is 2.88 bits per heavy atom. The molecule has 1 aromatic rings. The van der Waals surface area contributed by atoms with Crippen LogP contribution in [0.5, 0.6) is 0 Å². The van der Waals surface area contributed by atoms with Crippen molar-refractivity contribution in [2.24, 2.45) is 5.92 Å². The molecule has 1 aromatic heterocycles. The summed E-state index contributed by atoms with van der Waals surface area (Å²) in [4.78, 5) is 31.1. The van der Waals surface area contributed by atoms with Gasteiger partial charge in [0.15, 0.2) is 0 Å². The summed E-state index contributed by atoms with van der Waals surface area (Å²) in [6, 6.07) is 0. The number of nitrogens with one attached hydrogen (secondary N) is 1. The van der Waals surface area contributed by atoms with Gasteiger partial charge in [-0.2, -0.15) is 0 Å². The molecule has 7 nitrogen and oxygen atoms in total. The average Bonchev–Trinajstić information content (AvgIpc) is 3.05. The number of hydrogen-bond acceptors (Lipinski definition) is 4. The number of methoxy groups -OCH3 is 1. The maximum Gasteiger partial charge on any atom is 0.274 e. The summed E-state index contributed by atoms with van der Waals surface area (Å²) in [5.74, 6) is 0.0308. The number of carbonyl (C=O) groups is 2. The summed E-state index contributed by atoms with van der Waals surface area (Å²) in [7, 11) is 1.62. The number of rotatable bonds is 5. The molecule has 3 heterocycles. The topological polar surface area (TPSA) is 76.5 Å². The number of imidazole rings is 1. The van der Waals surface area contributed by atoms with E-state index in [9.17, 15) is 9.59 Å². The third-order valence-corrected chi connectivity index (χ3v) is 4.92. The smallest absolute Gasteiger partial charge is 0.274 e. The molecule has 0 bridgehead atoms. The van der Waals surface area contributed by atoms with Crippen LogP contribution in [-0.4, -0.2) is 59.6 Å². The van der Waals surface area contributed by atoms with Gasteiger partial charge in [-0.25, -0.2) is 4.98 Å². The molecule has 1 N–H and O–H groups in total. The molecular formula is C17H26N4O3. The Balaban J connectivity index is 1.63. The van der Waals surface area contributed by atoms with Gasteiger partial charge in [0, 0.05) is 33.3 Å². The molecule has 1 fully saturated rings. The minimum atomic E-state index is -0.0681. The van der Waals surface area contributed by atoms with Crippen LogP contribution in [0.2, 0.25) is 0 Å². The highest BCUT2D eigenvalue weighted by atomic mass is 16.5. The molecule has 2 aliphatic rings. The monoisotopic (exact) mass is 334 g/mol. The van der Waals surface area contributed by atoms with Crippen molar-refractivity contribution in [2.45, 2.75) is 38.6 Å². The lowest BCUT2D eigenvalue weighted by Gasteiger charge is -2.27. The lowest BCUT2D eigenvalue weighted by molar-refractivity contribution is -0.126. The van der Waals surface area contributed by atoms with Gasteiger partial charge in [0.25, 0.3) is 5.91 Å². The van der Waals surface area contributed by atoms with Crippen LogP contribution in [0.4, 0.5) is 0 Å². The largest absolute Gasteiger partial charge is 0.383 e. The highest BCUT2D eigenvalue weighted by Crippen LogP contribution is 2.24. The van der Waals surface area contributed by atoms with Gasteiger partial charge in [-0.05, 0) is 32.1 Å². The Kier molecular flexibility index (Phi) is 5.50. The fourth-order valence-corrected chi connectivity index (χ4v) is 3.53. The lowest BCUT2D eigenvalue weighted by Crippen LogP contribution is -2.38. The number of hydrogen-bond donors (Lipinski definition) is 1. The lowest BCUT2D eigenvalue weighted by atomic mass is 9.96. The zero-order chi connectivity index (χ0) is 16.9. The first-order valence-corrected chi connectivity index (χ1v) is 8.80. The van der Waals surface area contributed by atoms with E-state index in [4.69, 9.17) is 4.74 Å². The van der Waals surface area contributed by atoms with Crippen molar-refractivity contribution in [2.75, 3.05) is 33.4 Å². The zero-order valence-electron chi connectivity index (χ0n) is 14.3. The van der Waals surface area contributed by atoms with E-state index in [0.29, 0.717) is 25.4 Å². The number of nitrogens with zero attached hydrogens (tertiary/aromatic N) is 3. The normalized spacial score (nSPS) is 20.5. The maximum absolute atomic E-state index is 12.7. The van der Waals surface area contributed by atoms with Crippen LogP contribution in [0.25, 0.3) is 0 Å². The van der Waals surface area contributed by atoms with Crippen LogP contribution >= 0.6 is 0 Å². The molecule has 1 unspecified atom stereocenters. The number of amides is 2. The van der Waals surface area contributed by atoms with Crippen molar-refractivity contribution in [1.82, 2.24) is 19.8 Å². The van der Waals surface area contributed by atoms with E-state index in [1.807, 2.05) is 9.47 Å². The standard InChI is InChI=1S/C17H26N4O3/c1-24-10-7-18-16(22)13-5-6-14-15(19-12-21(14)11-13)17(23)20-8-3-2-4-9-20/h12-13H,2-11H2,1H3,(H,18,22). The van der Waals surface area contributed by atoms with Gasteiger partial charge < -0.3 is 19.5 Å². The Morgan fingerprint density at radius 2 is 2.12 bits per heavy atom. The number of aromatic nitrogens is 2. The molecular weight excluding hydrogens is 308 g/mol. The summed E-state index contributed by atoms with van der Waals surface area (Å²) in [6.07, 6.45) is 6.53. The van der Waals surface area contributed by atoms with E-state index in [1.54, 1.807) is 13.4 Å². The van der Waals surface area contributed by atoms with Gasteiger partial charge >= 0.3 is 0 Å². The number of ether oxygens (including phenoxy) is 1. The molecule has 2 amide bonds. The van der Waals surface area contributed by atoms with Gasteiger partial charge in [-0.15, -0.1) is 0 Å². The molecule has 1 saturated heterocycles. The van der Waals surface area contributed by atoms with E-state index in [0.717, 1.165) is 44.5 Å². The predicted molar refractivity (Wildman–Crippen MR) is 88.7 cm³/mol. The third kappa shape index (κ3) is 3.61. The summed E-state index contributed by atoms with van der Waals surface area (Å²) in [5, 5.41) is 2.89. The second-order valence-electron chi connectivity index (χ2n) is 6.56. The quantitative estimate of drug-likeness (QED) is 0.810. The highest BCUT2D eigenvalue weighted by molar-refractivity contribution is 5.93. The Labute approximate surface area is 142 Å². The molecule has 1 atom stereocenters. The third-order valence-electron chi connectivity index (χ3n) is 4.92. The van der Waals surface area contributed by atoms with Crippen molar-refractivity contribution in [1.29, 1.82) is 0 Å². The SMILES string of the molecule is COCCNC(=O)C1CCc2c(C(=O)N3CCCCC3)ncn2C1. The van der Waals surface area contributed by atoms with Crippen LogP contribution in [-0.2, 0) is 22.5 Å². The minimum Gasteiger partial charge on any atom is -0.383 e. The van der Waals surface area contributed by atoms with E-state index in [2.05, 4.69) is 10.3 Å². The van der Waals surface area contributed by atoms with Crippen molar-refractivity contribution < 1.29 is 14.3 Å². The van der Waals surface area contributed by atoms with Gasteiger partial charge in [0.2, 0.25) is 5.91 Å². The van der Waals surface area contributed by atoms with Gasteiger partial charge in [0.1, 0.15) is 5.69 Å². The molecule has 0 aromatic carbocycles. The van der Waals surface area contributed by atoms with Crippen LogP contribution in [0.1, 0.15) is 41.9 Å². The van der Waals surface area contributed by atoms with Crippen molar-refractivity contribution in [3.8, 4) is 0 Å². The fraction of sp³-hybridized carbons (Fsp3) is 0.706. The summed E-state index contributed by atoms with van der Waals surface area (Å²) in [5.41, 5.74) is 1.56. The van der Waals surface area contributed by atoms with E-state index in [-0.39, 0.29) is 17.7 Å². The average molecular weight is 334 g/mol. The molecule has 2 aliphatic heterocycles. The predicted octanol–water partition coefficient (Wildman–Crippen LogP) is 0.834. The molecule has 132 valence electrons. The Bertz CT molecular complexity index is 593. The zero-order valence-corrected chi connectivity index (χ0v) is 14.3. The Hall–Kier alpha value is -1.89. The number of piperidine rings is 1. The molecule has 24 heavy (non-hydrogen) atoms. The van der Waals surface area contributed by atoms with E-state index in [1.165, 1.54) is 6.42 Å². The number of likely N-dealkylation sites (tertiary alicyclic amines) is 1. The first-order chi connectivity index (χ1) is 11.7. The van der Waals surface area contributed by atoms with Crippen LogP contribution in [0, 0.1) is 5.92 Å². The fourth-order valence-electron chi connectivity index (χ4n) is 3.53. The molecule has 7 heteroatoms. The van der Waals surface area contributed by atoms with Crippen LogP contribution in [0.15, 0.2) is 6.33 Å². The number of fused-ring (bicyclic) bond motifs is 1. The van der Waals surface area contributed by atoms with Crippen molar-refractivity contribution in [3.63, 3.8) is 0 Å². The van der Waals surface area contributed by atoms with Crippen LogP contribution in [0.3, 0.4) is 0 Å². The van der Waals surface area contributed by atoms with Crippen LogP contribution < -0.4 is 5.32 Å².